The van der Waals surface area contributed by atoms with E-state index in [2.05, 4.69) is 20.6 Å². The number of aromatic nitrogens is 2. The van der Waals surface area contributed by atoms with Crippen LogP contribution in [0.2, 0.25) is 0 Å². The summed E-state index contributed by atoms with van der Waals surface area (Å²) >= 11 is 0. The number of rotatable bonds is 8. The van der Waals surface area contributed by atoms with E-state index >= 15 is 0 Å². The third-order valence-electron chi connectivity index (χ3n) is 6.30. The molecule has 0 spiro atoms. The van der Waals surface area contributed by atoms with E-state index in [1.165, 1.54) is 19.4 Å². The first-order valence-corrected chi connectivity index (χ1v) is 13.0. The molecule has 0 bridgehead atoms. The average Bonchev–Trinajstić information content (AvgIpc) is 2.97. The Kier molecular flexibility index (Phi) is 8.77. The van der Waals surface area contributed by atoms with Gasteiger partial charge in [-0.3, -0.25) is 19.6 Å². The van der Waals surface area contributed by atoms with Crippen molar-refractivity contribution in [3.05, 3.63) is 113 Å². The summed E-state index contributed by atoms with van der Waals surface area (Å²) in [5, 5.41) is 5.64. The molecule has 4 rings (SSSR count). The van der Waals surface area contributed by atoms with Gasteiger partial charge in [0.05, 0.1) is 41.5 Å². The second kappa shape index (κ2) is 12.4. The topological polar surface area (TPSA) is 120 Å². The number of ether oxygens (including phenoxy) is 2. The summed E-state index contributed by atoms with van der Waals surface area (Å²) in [6.07, 6.45) is 3.19. The molecule has 0 saturated carbocycles. The third kappa shape index (κ3) is 7.54. The van der Waals surface area contributed by atoms with Crippen LogP contribution in [0.3, 0.4) is 0 Å². The first kappa shape index (κ1) is 28.9. The average molecular weight is 553 g/mol. The first-order chi connectivity index (χ1) is 19.5. The van der Waals surface area contributed by atoms with Gasteiger partial charge in [-0.05, 0) is 78.6 Å². The number of nitrogens with zero attached hydrogens (tertiary/aromatic N) is 2. The zero-order valence-corrected chi connectivity index (χ0v) is 23.6. The first-order valence-electron chi connectivity index (χ1n) is 13.0. The molecule has 0 aliphatic carbocycles. The number of pyridine rings is 2. The molecule has 2 aromatic carbocycles. The molecule has 210 valence electrons. The normalized spacial score (nSPS) is 11.0. The molecular formula is C32H32N4O5. The molecule has 9 heteroatoms. The minimum absolute atomic E-state index is 0.278. The number of methoxy groups -OCH3 is 1. The Morgan fingerprint density at radius 3 is 2.20 bits per heavy atom. The number of aryl methyl sites for hydroxylation is 1. The number of hydrogen-bond acceptors (Lipinski definition) is 7. The Bertz CT molecular complexity index is 1560. The maximum absolute atomic E-state index is 13.2. The summed E-state index contributed by atoms with van der Waals surface area (Å²) in [5.74, 6) is -0.716. The van der Waals surface area contributed by atoms with Crippen LogP contribution in [-0.4, -0.2) is 34.9 Å². The summed E-state index contributed by atoms with van der Waals surface area (Å²) < 4.78 is 10.6. The van der Waals surface area contributed by atoms with Crippen LogP contribution in [0.4, 0.5) is 11.4 Å². The summed E-state index contributed by atoms with van der Waals surface area (Å²) in [6, 6.07) is 19.1. The number of anilines is 2. The van der Waals surface area contributed by atoms with Crippen LogP contribution < -0.4 is 15.4 Å². The zero-order valence-electron chi connectivity index (χ0n) is 23.6. The fourth-order valence-electron chi connectivity index (χ4n) is 3.94. The van der Waals surface area contributed by atoms with Gasteiger partial charge in [0, 0.05) is 17.4 Å². The molecule has 0 unspecified atom stereocenters. The lowest BCUT2D eigenvalue weighted by Crippen LogP contribution is -2.19. The lowest BCUT2D eigenvalue weighted by atomic mass is 9.85. The summed E-state index contributed by atoms with van der Waals surface area (Å²) in [4.78, 5) is 47.0. The van der Waals surface area contributed by atoms with Crippen LogP contribution in [0.25, 0.3) is 0 Å². The number of hydrogen-bond donors (Lipinski definition) is 2. The Hall–Kier alpha value is -5.05. The van der Waals surface area contributed by atoms with E-state index in [1.54, 1.807) is 55.6 Å². The number of benzene rings is 2. The smallest absolute Gasteiger partial charge is 0.337 e. The molecule has 2 N–H and O–H groups in total. The van der Waals surface area contributed by atoms with Crippen LogP contribution in [0.5, 0.6) is 5.75 Å². The van der Waals surface area contributed by atoms with Crippen molar-refractivity contribution in [2.24, 2.45) is 0 Å². The van der Waals surface area contributed by atoms with E-state index in [0.29, 0.717) is 35.0 Å². The van der Waals surface area contributed by atoms with Crippen LogP contribution in [0.15, 0.2) is 79.1 Å². The standard InChI is InChI=1S/C32H32N4O5/c1-20-28(30(38)35-24-9-11-27(12-10-24)41-19-25-8-6-7-13-33-25)17-26(18-34-20)36-29(37)21-14-22(31(39)40-5)16-23(15-21)32(2,3)4/h6-18H,19H2,1-5H3,(H,35,38)(H,36,37). The summed E-state index contributed by atoms with van der Waals surface area (Å²) in [5.41, 5.74) is 3.59. The quantitative estimate of drug-likeness (QED) is 0.259. The van der Waals surface area contributed by atoms with Gasteiger partial charge < -0.3 is 20.1 Å². The molecule has 2 amide bonds. The molecule has 0 aliphatic rings. The predicted octanol–water partition coefficient (Wildman–Crippen LogP) is 5.95. The van der Waals surface area contributed by atoms with Crippen molar-refractivity contribution >= 4 is 29.2 Å². The second-order valence-electron chi connectivity index (χ2n) is 10.4. The highest BCUT2D eigenvalue weighted by Crippen LogP contribution is 2.26. The molecule has 0 fully saturated rings. The molecule has 41 heavy (non-hydrogen) atoms. The van der Waals surface area contributed by atoms with Crippen molar-refractivity contribution in [2.75, 3.05) is 17.7 Å². The van der Waals surface area contributed by atoms with Crippen molar-refractivity contribution in [1.82, 2.24) is 9.97 Å². The number of nitrogens with one attached hydrogen (secondary N) is 2. The van der Waals surface area contributed by atoms with Gasteiger partial charge in [0.15, 0.2) is 0 Å². The molecule has 2 aromatic heterocycles. The number of carbonyl (C=O) groups is 3. The highest BCUT2D eigenvalue weighted by molar-refractivity contribution is 6.08. The minimum atomic E-state index is -0.533. The van der Waals surface area contributed by atoms with E-state index < -0.39 is 11.9 Å². The molecule has 0 atom stereocenters. The van der Waals surface area contributed by atoms with Crippen molar-refractivity contribution in [1.29, 1.82) is 0 Å². The Labute approximate surface area is 239 Å². The van der Waals surface area contributed by atoms with Crippen LogP contribution in [0, 0.1) is 6.92 Å². The molecule has 0 radical (unpaired) electrons. The summed E-state index contributed by atoms with van der Waals surface area (Å²) in [7, 11) is 1.29. The van der Waals surface area contributed by atoms with Gasteiger partial charge in [0.2, 0.25) is 0 Å². The van der Waals surface area contributed by atoms with Crippen LogP contribution in [0.1, 0.15) is 68.8 Å². The lowest BCUT2D eigenvalue weighted by molar-refractivity contribution is 0.0600. The number of esters is 1. The van der Waals surface area contributed by atoms with Crippen molar-refractivity contribution in [3.63, 3.8) is 0 Å². The van der Waals surface area contributed by atoms with Gasteiger partial charge in [-0.2, -0.15) is 0 Å². The highest BCUT2D eigenvalue weighted by atomic mass is 16.5. The molecule has 0 aliphatic heterocycles. The number of carbonyl (C=O) groups excluding carboxylic acids is 3. The van der Waals surface area contributed by atoms with Gasteiger partial charge in [0.1, 0.15) is 12.4 Å². The number of amides is 2. The van der Waals surface area contributed by atoms with E-state index in [4.69, 9.17) is 9.47 Å². The van der Waals surface area contributed by atoms with Crippen LogP contribution in [-0.2, 0) is 16.8 Å². The van der Waals surface area contributed by atoms with E-state index in [9.17, 15) is 14.4 Å². The van der Waals surface area contributed by atoms with Gasteiger partial charge in [-0.25, -0.2) is 4.79 Å². The Balaban J connectivity index is 1.46. The van der Waals surface area contributed by atoms with Gasteiger partial charge >= 0.3 is 5.97 Å². The van der Waals surface area contributed by atoms with Crippen molar-refractivity contribution in [2.45, 2.75) is 39.7 Å². The predicted molar refractivity (Wildman–Crippen MR) is 156 cm³/mol. The molecule has 4 aromatic rings. The lowest BCUT2D eigenvalue weighted by Gasteiger charge is -2.21. The maximum Gasteiger partial charge on any atom is 0.337 e. The summed E-state index contributed by atoms with van der Waals surface area (Å²) in [6.45, 7) is 8.01. The SMILES string of the molecule is COC(=O)c1cc(C(=O)Nc2cnc(C)c(C(=O)Nc3ccc(OCc4ccccn4)cc3)c2)cc(C(C)(C)C)c1. The van der Waals surface area contributed by atoms with E-state index in [-0.39, 0.29) is 22.4 Å². The minimum Gasteiger partial charge on any atom is -0.487 e. The van der Waals surface area contributed by atoms with E-state index in [1.807, 2.05) is 39.0 Å². The zero-order chi connectivity index (χ0) is 29.6. The van der Waals surface area contributed by atoms with Gasteiger partial charge in [0.25, 0.3) is 11.8 Å². The second-order valence-corrected chi connectivity index (χ2v) is 10.4. The Morgan fingerprint density at radius 2 is 1.54 bits per heavy atom. The van der Waals surface area contributed by atoms with E-state index in [0.717, 1.165) is 11.3 Å². The highest BCUT2D eigenvalue weighted by Gasteiger charge is 2.21. The third-order valence-corrected chi connectivity index (χ3v) is 6.30. The molecule has 9 nitrogen and oxygen atoms in total. The monoisotopic (exact) mass is 552 g/mol. The largest absolute Gasteiger partial charge is 0.487 e. The van der Waals surface area contributed by atoms with Crippen molar-refractivity contribution in [3.8, 4) is 5.75 Å². The van der Waals surface area contributed by atoms with Gasteiger partial charge in [-0.1, -0.05) is 26.8 Å². The van der Waals surface area contributed by atoms with Crippen LogP contribution >= 0.6 is 0 Å². The fraction of sp³-hybridized carbons (Fsp3) is 0.219. The maximum atomic E-state index is 13.2. The Morgan fingerprint density at radius 1 is 0.829 bits per heavy atom. The van der Waals surface area contributed by atoms with Gasteiger partial charge in [-0.15, -0.1) is 0 Å². The fourth-order valence-corrected chi connectivity index (χ4v) is 3.94. The molecule has 0 saturated heterocycles. The van der Waals surface area contributed by atoms with Crippen molar-refractivity contribution < 1.29 is 23.9 Å². The molecule has 2 heterocycles. The molecular weight excluding hydrogens is 520 g/mol.